The first kappa shape index (κ1) is 94.7. The molecule has 0 aromatic heterocycles. The Kier molecular flexibility index (Phi) is 68.2. The summed E-state index contributed by atoms with van der Waals surface area (Å²) in [4.78, 5) is 72.7. The highest BCUT2D eigenvalue weighted by molar-refractivity contribution is 7.47. The lowest BCUT2D eigenvalue weighted by Crippen LogP contribution is -2.30. The maximum Gasteiger partial charge on any atom is 0.472 e. The third-order valence-electron chi connectivity index (χ3n) is 15.0. The van der Waals surface area contributed by atoms with E-state index in [9.17, 15) is 43.2 Å². The maximum absolute atomic E-state index is 13.1. The Labute approximate surface area is 604 Å². The maximum atomic E-state index is 13.1. The lowest BCUT2D eigenvalue weighted by Gasteiger charge is -2.21. The highest BCUT2D eigenvalue weighted by Gasteiger charge is 2.30. The molecule has 0 saturated carbocycles. The smallest absolute Gasteiger partial charge is 0.462 e. The standard InChI is InChI=1S/C81H132O17P2/c1-5-9-13-17-21-25-29-32-35-36-37-38-41-43-47-50-54-58-62-66-79(84)92-72-77(98-81(86)68-64-60-56-52-48-44-40-34-31-27-23-19-15-11-7-3)74-96-100(89,90)94-70-75(82)69-93-99(87,88)95-73-76(97-80(85)67-63-59-55-51-45-28-24-20-16-12-8-4)71-91-78(83)65-61-57-53-49-46-42-39-33-30-26-22-18-14-10-6-2/h9,11,13,15,20-27,32-35,37-40,43,47-48,52,54,58,75-77,82H,5-8,10,12,14,16-19,28-31,36,41-42,44-46,49-51,53,55-57,59-74H2,1-4H3,(H,87,88)(H,89,90)/b13-9-,15-11-,24-20-,25-21-,26-22-,27-23-,35-32-,38-37-,39-33-,40-34-,47-43-,52-48-,58-54-. The molecule has 0 bridgehead atoms. The van der Waals surface area contributed by atoms with Crippen LogP contribution in [0, 0.1) is 0 Å². The van der Waals surface area contributed by atoms with Crippen molar-refractivity contribution in [1.29, 1.82) is 0 Å². The molecule has 0 aliphatic carbocycles. The number of rotatable bonds is 69. The molecule has 0 aliphatic rings. The molecule has 0 spiro atoms. The topological polar surface area (TPSA) is 237 Å². The number of phosphoric ester groups is 2. The Bertz CT molecular complexity index is 2520. The van der Waals surface area contributed by atoms with Gasteiger partial charge in [-0.2, -0.15) is 0 Å². The van der Waals surface area contributed by atoms with Gasteiger partial charge in [-0.15, -0.1) is 0 Å². The number of hydrogen-bond acceptors (Lipinski definition) is 15. The molecule has 0 radical (unpaired) electrons. The molecule has 5 unspecified atom stereocenters. The molecule has 0 aromatic carbocycles. The number of aliphatic hydroxyl groups is 1. The predicted molar refractivity (Wildman–Crippen MR) is 408 cm³/mol. The second kappa shape index (κ2) is 72.0. The molecule has 3 N–H and O–H groups in total. The van der Waals surface area contributed by atoms with Crippen LogP contribution >= 0.6 is 15.6 Å². The summed E-state index contributed by atoms with van der Waals surface area (Å²) in [6, 6.07) is 0. The zero-order valence-electron chi connectivity index (χ0n) is 61.8. The summed E-state index contributed by atoms with van der Waals surface area (Å²) in [5.74, 6) is -2.36. The lowest BCUT2D eigenvalue weighted by molar-refractivity contribution is -0.161. The quantitative estimate of drug-likeness (QED) is 0.0169. The summed E-state index contributed by atoms with van der Waals surface area (Å²) < 4.78 is 68.3. The first-order chi connectivity index (χ1) is 48.7. The fourth-order valence-electron chi connectivity index (χ4n) is 9.25. The van der Waals surface area contributed by atoms with Crippen molar-refractivity contribution in [2.45, 2.75) is 290 Å². The first-order valence-electron chi connectivity index (χ1n) is 37.7. The van der Waals surface area contributed by atoms with Crippen molar-refractivity contribution in [1.82, 2.24) is 0 Å². The molecular weight excluding hydrogens is 1310 g/mol. The molecule has 100 heavy (non-hydrogen) atoms. The molecule has 17 nitrogen and oxygen atoms in total. The number of allylic oxidation sites excluding steroid dienone is 26. The van der Waals surface area contributed by atoms with Gasteiger partial charge in [0.05, 0.1) is 26.4 Å². The third kappa shape index (κ3) is 71.1. The minimum atomic E-state index is -5.01. The Morgan fingerprint density at radius 3 is 0.920 bits per heavy atom. The van der Waals surface area contributed by atoms with Gasteiger partial charge in [0, 0.05) is 25.7 Å². The Hall–Kier alpha value is -5.32. The van der Waals surface area contributed by atoms with Gasteiger partial charge in [-0.05, 0) is 154 Å². The summed E-state index contributed by atoms with van der Waals surface area (Å²) in [5.41, 5.74) is 0. The SMILES string of the molecule is CC/C=C\C/C=C\C/C=C\C/C=C\C/C=C\C/C=C\CCC(=O)OCC(COP(=O)(O)OCC(O)COP(=O)(O)OCC(COC(=O)CCCCCCC/C=C\C/C=C\CCCCC)OC(=O)CCCCCCC/C=C\CCCC)OC(=O)CCCC/C=C\C/C=C\C/C=C\C/C=C\CC. The van der Waals surface area contributed by atoms with Gasteiger partial charge in [-0.25, -0.2) is 9.13 Å². The summed E-state index contributed by atoms with van der Waals surface area (Å²) in [7, 11) is -10.00. The first-order valence-corrected chi connectivity index (χ1v) is 40.7. The van der Waals surface area contributed by atoms with E-state index in [2.05, 4.69) is 161 Å². The average Bonchev–Trinajstić information content (AvgIpc) is 0.985. The Morgan fingerprint density at radius 2 is 0.550 bits per heavy atom. The van der Waals surface area contributed by atoms with Gasteiger partial charge in [-0.3, -0.25) is 37.3 Å². The molecule has 0 rings (SSSR count). The molecule has 0 heterocycles. The molecular formula is C81H132O17P2. The summed E-state index contributed by atoms with van der Waals surface area (Å²) in [6.07, 6.45) is 82.6. The van der Waals surface area contributed by atoms with Crippen LogP contribution < -0.4 is 0 Å². The average molecular weight is 1440 g/mol. The van der Waals surface area contributed by atoms with E-state index in [1.807, 2.05) is 24.3 Å². The van der Waals surface area contributed by atoms with Crippen LogP contribution in [0.4, 0.5) is 0 Å². The van der Waals surface area contributed by atoms with Crippen molar-refractivity contribution >= 4 is 39.5 Å². The normalized spacial score (nSPS) is 14.8. The predicted octanol–water partition coefficient (Wildman–Crippen LogP) is 21.7. The fourth-order valence-corrected chi connectivity index (χ4v) is 10.8. The zero-order valence-corrected chi connectivity index (χ0v) is 63.6. The molecule has 568 valence electrons. The van der Waals surface area contributed by atoms with E-state index < -0.39 is 97.5 Å². The van der Waals surface area contributed by atoms with E-state index in [-0.39, 0.29) is 25.7 Å². The number of esters is 4. The van der Waals surface area contributed by atoms with Crippen LogP contribution in [-0.4, -0.2) is 96.7 Å². The van der Waals surface area contributed by atoms with Crippen LogP contribution in [0.15, 0.2) is 158 Å². The van der Waals surface area contributed by atoms with E-state index in [1.165, 1.54) is 32.1 Å². The van der Waals surface area contributed by atoms with Crippen LogP contribution in [0.3, 0.4) is 0 Å². The van der Waals surface area contributed by atoms with Crippen molar-refractivity contribution in [3.63, 3.8) is 0 Å². The van der Waals surface area contributed by atoms with Crippen molar-refractivity contribution in [2.75, 3.05) is 39.6 Å². The van der Waals surface area contributed by atoms with E-state index in [0.29, 0.717) is 38.5 Å². The second-order valence-corrected chi connectivity index (χ2v) is 27.4. The van der Waals surface area contributed by atoms with Gasteiger partial charge >= 0.3 is 39.5 Å². The van der Waals surface area contributed by atoms with Crippen molar-refractivity contribution in [3.8, 4) is 0 Å². The number of carbonyl (C=O) groups is 4. The molecule has 0 amide bonds. The number of phosphoric acid groups is 2. The number of ether oxygens (including phenoxy) is 4. The van der Waals surface area contributed by atoms with Gasteiger partial charge in [-0.1, -0.05) is 250 Å². The largest absolute Gasteiger partial charge is 0.472 e. The highest BCUT2D eigenvalue weighted by Crippen LogP contribution is 2.45. The minimum absolute atomic E-state index is 0.0209. The van der Waals surface area contributed by atoms with Crippen molar-refractivity contribution in [2.24, 2.45) is 0 Å². The van der Waals surface area contributed by atoms with Gasteiger partial charge in [0.15, 0.2) is 12.2 Å². The van der Waals surface area contributed by atoms with E-state index >= 15 is 0 Å². The zero-order chi connectivity index (χ0) is 73.2. The molecule has 0 saturated heterocycles. The van der Waals surface area contributed by atoms with Crippen LogP contribution in [0.5, 0.6) is 0 Å². The van der Waals surface area contributed by atoms with E-state index in [4.69, 9.17) is 37.0 Å². The van der Waals surface area contributed by atoms with Gasteiger partial charge in [0.1, 0.15) is 19.3 Å². The van der Waals surface area contributed by atoms with Gasteiger partial charge in [0.25, 0.3) is 0 Å². The minimum Gasteiger partial charge on any atom is -0.462 e. The van der Waals surface area contributed by atoms with Crippen molar-refractivity contribution in [3.05, 3.63) is 158 Å². The number of unbranched alkanes of at least 4 members (excludes halogenated alkanes) is 17. The number of hydrogen-bond donors (Lipinski definition) is 3. The fraction of sp³-hybridized carbons (Fsp3) is 0.630. The lowest BCUT2D eigenvalue weighted by atomic mass is 10.1. The number of carbonyl (C=O) groups excluding carboxylic acids is 4. The molecule has 0 fully saturated rings. The second-order valence-electron chi connectivity index (χ2n) is 24.5. The van der Waals surface area contributed by atoms with Crippen LogP contribution in [0.1, 0.15) is 272 Å². The summed E-state index contributed by atoms with van der Waals surface area (Å²) in [5, 5.41) is 10.6. The molecule has 0 aromatic rings. The Balaban J connectivity index is 5.46. The van der Waals surface area contributed by atoms with Crippen LogP contribution in [0.25, 0.3) is 0 Å². The van der Waals surface area contributed by atoms with Gasteiger partial charge in [0.2, 0.25) is 0 Å². The van der Waals surface area contributed by atoms with Crippen LogP contribution in [0.2, 0.25) is 0 Å². The van der Waals surface area contributed by atoms with Gasteiger partial charge < -0.3 is 33.8 Å². The number of aliphatic hydroxyl groups excluding tert-OH is 1. The summed E-state index contributed by atoms with van der Waals surface area (Å²) >= 11 is 0. The monoisotopic (exact) mass is 1440 g/mol. The van der Waals surface area contributed by atoms with Crippen molar-refractivity contribution < 1.29 is 80.2 Å². The summed E-state index contributed by atoms with van der Waals surface area (Å²) in [6.45, 7) is 4.39. The Morgan fingerprint density at radius 1 is 0.290 bits per heavy atom. The highest BCUT2D eigenvalue weighted by atomic mass is 31.2. The third-order valence-corrected chi connectivity index (χ3v) is 16.9. The molecule has 0 aliphatic heterocycles. The molecule has 19 heteroatoms. The van der Waals surface area contributed by atoms with Crippen LogP contribution in [-0.2, 0) is 65.4 Å². The molecule has 5 atom stereocenters. The van der Waals surface area contributed by atoms with E-state index in [0.717, 1.165) is 148 Å². The van der Waals surface area contributed by atoms with E-state index in [1.54, 1.807) is 0 Å².